The molecule has 9 heteroatoms. The number of hydrogen-bond acceptors (Lipinski definition) is 5. The van der Waals surface area contributed by atoms with E-state index < -0.39 is 23.4 Å². The number of ether oxygens (including phenoxy) is 2. The molecule has 0 N–H and O–H groups in total. The van der Waals surface area contributed by atoms with Crippen molar-refractivity contribution in [1.82, 2.24) is 14.8 Å². The van der Waals surface area contributed by atoms with Crippen LogP contribution < -0.4 is 4.74 Å². The van der Waals surface area contributed by atoms with Gasteiger partial charge in [0.25, 0.3) is 0 Å². The first-order chi connectivity index (χ1) is 15.4. The molecule has 0 radical (unpaired) electrons. The molecule has 1 saturated heterocycles. The van der Waals surface area contributed by atoms with Gasteiger partial charge in [0.2, 0.25) is 0 Å². The molecule has 1 fully saturated rings. The van der Waals surface area contributed by atoms with Crippen LogP contribution in [-0.4, -0.2) is 28.0 Å². The Morgan fingerprint density at radius 2 is 2.09 bits per heavy atom. The maximum Gasteiger partial charge on any atom is 0.418 e. The molecule has 0 saturated carbocycles. The quantitative estimate of drug-likeness (QED) is 0.577. The number of hydrogen-bond donors (Lipinski definition) is 0. The Hall–Kier alpha value is -3.38. The fourth-order valence-corrected chi connectivity index (χ4v) is 4.16. The molecule has 2 aromatic heterocycles. The average Bonchev–Trinajstić information content (AvgIpc) is 3.13. The number of alkyl halides is 3. The zero-order valence-corrected chi connectivity index (χ0v) is 17.0. The van der Waals surface area contributed by atoms with E-state index in [1.54, 1.807) is 23.0 Å². The molecule has 0 bridgehead atoms. The number of aromatic nitrogens is 3. The van der Waals surface area contributed by atoms with Crippen LogP contribution in [0.5, 0.6) is 5.75 Å². The van der Waals surface area contributed by atoms with E-state index in [9.17, 15) is 13.2 Å². The van der Waals surface area contributed by atoms with Gasteiger partial charge in [-0.3, -0.25) is 4.98 Å². The van der Waals surface area contributed by atoms with E-state index in [1.807, 2.05) is 24.4 Å². The normalized spacial score (nSPS) is 19.0. The lowest BCUT2D eigenvalue weighted by Crippen LogP contribution is -2.25. The first-order valence-corrected chi connectivity index (χ1v) is 10.3. The summed E-state index contributed by atoms with van der Waals surface area (Å²) in [5.74, 6) is 0.900. The molecule has 3 heterocycles. The SMILES string of the molecule is N#Cc1cnc2c(c1C(F)(F)F)CCC[C@@H]2Oc1ccc2cnn(/C=C/C3COC3)c2c1. The summed E-state index contributed by atoms with van der Waals surface area (Å²) < 4.78 is 54.1. The second-order valence-corrected chi connectivity index (χ2v) is 7.97. The number of nitrogens with zero attached hydrogens (tertiary/aromatic N) is 4. The monoisotopic (exact) mass is 440 g/mol. The lowest BCUT2D eigenvalue weighted by Gasteiger charge is -2.28. The molecule has 0 spiro atoms. The fourth-order valence-electron chi connectivity index (χ4n) is 4.16. The third kappa shape index (κ3) is 3.71. The molecule has 5 rings (SSSR count). The van der Waals surface area contributed by atoms with E-state index in [0.717, 1.165) is 17.1 Å². The molecule has 32 heavy (non-hydrogen) atoms. The zero-order valence-electron chi connectivity index (χ0n) is 17.0. The maximum absolute atomic E-state index is 13.7. The van der Waals surface area contributed by atoms with Crippen molar-refractivity contribution in [3.05, 3.63) is 59.1 Å². The second kappa shape index (κ2) is 7.95. The van der Waals surface area contributed by atoms with Crippen LogP contribution in [0.1, 0.15) is 41.3 Å². The molecule has 0 unspecified atom stereocenters. The Morgan fingerprint density at radius 3 is 2.81 bits per heavy atom. The summed E-state index contributed by atoms with van der Waals surface area (Å²) in [6, 6.07) is 7.09. The number of halogens is 3. The van der Waals surface area contributed by atoms with Crippen molar-refractivity contribution in [3.8, 4) is 11.8 Å². The Bertz CT molecular complexity index is 1240. The van der Waals surface area contributed by atoms with Crippen molar-refractivity contribution in [1.29, 1.82) is 5.26 Å². The number of fused-ring (bicyclic) bond motifs is 2. The van der Waals surface area contributed by atoms with Crippen molar-refractivity contribution >= 4 is 17.1 Å². The van der Waals surface area contributed by atoms with Crippen molar-refractivity contribution in [2.45, 2.75) is 31.5 Å². The molecular weight excluding hydrogens is 421 g/mol. The summed E-state index contributed by atoms with van der Waals surface area (Å²) in [6.07, 6.45) is 2.70. The minimum atomic E-state index is -4.62. The van der Waals surface area contributed by atoms with Crippen LogP contribution in [0, 0.1) is 17.2 Å². The van der Waals surface area contributed by atoms with E-state index in [0.29, 0.717) is 37.7 Å². The van der Waals surface area contributed by atoms with Gasteiger partial charge in [0, 0.05) is 29.8 Å². The average molecular weight is 440 g/mol. The maximum atomic E-state index is 13.7. The Balaban J connectivity index is 1.46. The minimum absolute atomic E-state index is 0.0598. The summed E-state index contributed by atoms with van der Waals surface area (Å²) in [4.78, 5) is 4.19. The lowest BCUT2D eigenvalue weighted by atomic mass is 9.88. The molecule has 0 amide bonds. The van der Waals surface area contributed by atoms with E-state index >= 15 is 0 Å². The van der Waals surface area contributed by atoms with Crippen molar-refractivity contribution < 1.29 is 22.6 Å². The largest absolute Gasteiger partial charge is 0.484 e. The van der Waals surface area contributed by atoms with Gasteiger partial charge in [-0.05, 0) is 37.0 Å². The van der Waals surface area contributed by atoms with Gasteiger partial charge in [0.1, 0.15) is 17.9 Å². The molecule has 1 aromatic carbocycles. The van der Waals surface area contributed by atoms with Crippen molar-refractivity contribution in [3.63, 3.8) is 0 Å². The van der Waals surface area contributed by atoms with Gasteiger partial charge >= 0.3 is 6.18 Å². The molecular formula is C23H19F3N4O2. The van der Waals surface area contributed by atoms with E-state index in [-0.39, 0.29) is 17.7 Å². The van der Waals surface area contributed by atoms with Gasteiger partial charge in [-0.1, -0.05) is 6.08 Å². The number of pyridine rings is 1. The Labute approximate surface area is 181 Å². The summed E-state index contributed by atoms with van der Waals surface area (Å²) >= 11 is 0. The number of nitriles is 1. The van der Waals surface area contributed by atoms with Crippen LogP contribution in [0.2, 0.25) is 0 Å². The molecule has 2 aliphatic rings. The standard InChI is InChI=1S/C23H19F3N4O2/c24-23(25,26)21-16(9-27)10-28-22-18(21)2-1-3-20(22)32-17-5-4-15-11-29-30(19(15)8-17)7-6-14-12-31-13-14/h4-8,10-11,14,20H,1-3,12-13H2/b7-6+/t20-/m0/s1. The van der Waals surface area contributed by atoms with Crippen molar-refractivity contribution in [2.24, 2.45) is 5.92 Å². The smallest absolute Gasteiger partial charge is 0.418 e. The summed E-state index contributed by atoms with van der Waals surface area (Å²) in [6.45, 7) is 1.40. The minimum Gasteiger partial charge on any atom is -0.484 e. The summed E-state index contributed by atoms with van der Waals surface area (Å²) in [7, 11) is 0. The highest BCUT2D eigenvalue weighted by molar-refractivity contribution is 5.81. The van der Waals surface area contributed by atoms with Crippen molar-refractivity contribution in [2.75, 3.05) is 13.2 Å². The van der Waals surface area contributed by atoms with E-state index in [2.05, 4.69) is 10.1 Å². The van der Waals surface area contributed by atoms with Gasteiger partial charge in [0.15, 0.2) is 0 Å². The predicted molar refractivity (Wildman–Crippen MR) is 110 cm³/mol. The first kappa shape index (κ1) is 20.5. The van der Waals surface area contributed by atoms with E-state index in [4.69, 9.17) is 14.7 Å². The topological polar surface area (TPSA) is 73.0 Å². The highest BCUT2D eigenvalue weighted by Gasteiger charge is 2.40. The molecule has 164 valence electrons. The molecule has 1 atom stereocenters. The predicted octanol–water partition coefficient (Wildman–Crippen LogP) is 4.90. The Kier molecular flexibility index (Phi) is 5.10. The summed E-state index contributed by atoms with van der Waals surface area (Å²) in [5, 5.41) is 14.4. The van der Waals surface area contributed by atoms with Gasteiger partial charge in [0.05, 0.1) is 41.7 Å². The molecule has 1 aliphatic carbocycles. The van der Waals surface area contributed by atoms with Crippen LogP contribution in [0.4, 0.5) is 13.2 Å². The highest BCUT2D eigenvalue weighted by Crippen LogP contribution is 2.41. The van der Waals surface area contributed by atoms with Crippen LogP contribution in [0.3, 0.4) is 0 Å². The fraction of sp³-hybridized carbons (Fsp3) is 0.348. The molecule has 1 aliphatic heterocycles. The summed E-state index contributed by atoms with van der Waals surface area (Å²) in [5.41, 5.74) is -0.202. The van der Waals surface area contributed by atoms with Gasteiger partial charge < -0.3 is 9.47 Å². The Morgan fingerprint density at radius 1 is 1.25 bits per heavy atom. The number of benzene rings is 1. The zero-order chi connectivity index (χ0) is 22.3. The van der Waals surface area contributed by atoms with Gasteiger partial charge in [-0.2, -0.15) is 23.5 Å². The van der Waals surface area contributed by atoms with Gasteiger partial charge in [-0.15, -0.1) is 0 Å². The molecule has 6 nitrogen and oxygen atoms in total. The van der Waals surface area contributed by atoms with Gasteiger partial charge in [-0.25, -0.2) is 4.68 Å². The second-order valence-electron chi connectivity index (χ2n) is 7.97. The third-order valence-electron chi connectivity index (χ3n) is 5.83. The van der Waals surface area contributed by atoms with Crippen LogP contribution in [0.25, 0.3) is 17.1 Å². The highest BCUT2D eigenvalue weighted by atomic mass is 19.4. The lowest BCUT2D eigenvalue weighted by molar-refractivity contribution is -0.138. The molecule has 3 aromatic rings. The number of rotatable bonds is 4. The van der Waals surface area contributed by atoms with E-state index in [1.165, 1.54) is 0 Å². The third-order valence-corrected chi connectivity index (χ3v) is 5.83. The van der Waals surface area contributed by atoms with Crippen LogP contribution in [0.15, 0.2) is 36.7 Å². The van der Waals surface area contributed by atoms with Crippen LogP contribution >= 0.6 is 0 Å². The van der Waals surface area contributed by atoms with Crippen LogP contribution in [-0.2, 0) is 17.3 Å². The first-order valence-electron chi connectivity index (χ1n) is 10.3.